The Morgan fingerprint density at radius 3 is 2.61 bits per heavy atom. The third kappa shape index (κ3) is 4.74. The number of hydrogen-bond donors (Lipinski definition) is 0. The Hall–Kier alpha value is -3.26. The quantitative estimate of drug-likeness (QED) is 0.581. The topological polar surface area (TPSA) is 80.6 Å². The van der Waals surface area contributed by atoms with Crippen molar-refractivity contribution in [2.45, 2.75) is 26.4 Å². The maximum Gasteiger partial charge on any atom is 0.294 e. The van der Waals surface area contributed by atoms with Gasteiger partial charge in [-0.15, -0.1) is 0 Å². The van der Waals surface area contributed by atoms with Gasteiger partial charge < -0.3 is 19.1 Å². The highest BCUT2D eigenvalue weighted by Crippen LogP contribution is 2.16. The van der Waals surface area contributed by atoms with E-state index < -0.39 is 0 Å². The van der Waals surface area contributed by atoms with Crippen LogP contribution in [-0.4, -0.2) is 58.2 Å². The third-order valence-electron chi connectivity index (χ3n) is 5.55. The number of ether oxygens (including phenoxy) is 1. The van der Waals surface area contributed by atoms with Crippen LogP contribution in [0.1, 0.15) is 18.9 Å². The van der Waals surface area contributed by atoms with Gasteiger partial charge in [0.05, 0.1) is 24.2 Å². The van der Waals surface area contributed by atoms with E-state index in [0.717, 1.165) is 16.6 Å². The van der Waals surface area contributed by atoms with Gasteiger partial charge in [0.25, 0.3) is 5.56 Å². The first-order chi connectivity index (χ1) is 15.2. The highest BCUT2D eigenvalue weighted by Gasteiger charge is 2.20. The van der Waals surface area contributed by atoms with Crippen molar-refractivity contribution < 1.29 is 9.53 Å². The van der Waals surface area contributed by atoms with Crippen LogP contribution in [0, 0.1) is 0 Å². The normalized spacial score (nSPS) is 14.0. The first kappa shape index (κ1) is 21.0. The van der Waals surface area contributed by atoms with E-state index >= 15 is 0 Å². The fourth-order valence-electron chi connectivity index (χ4n) is 3.83. The fourth-order valence-corrected chi connectivity index (χ4v) is 3.83. The van der Waals surface area contributed by atoms with Crippen LogP contribution in [0.15, 0.2) is 53.6 Å². The predicted molar refractivity (Wildman–Crippen MR) is 119 cm³/mol. The van der Waals surface area contributed by atoms with E-state index in [9.17, 15) is 9.59 Å². The lowest BCUT2D eigenvalue weighted by atomic mass is 10.2. The van der Waals surface area contributed by atoms with Crippen LogP contribution in [0.2, 0.25) is 0 Å². The molecule has 4 rings (SSSR count). The maximum absolute atomic E-state index is 13.3. The van der Waals surface area contributed by atoms with Gasteiger partial charge in [-0.25, -0.2) is 4.98 Å². The number of hydrogen-bond acceptors (Lipinski definition) is 6. The predicted octanol–water partition coefficient (Wildman–Crippen LogP) is 2.07. The second-order valence-corrected chi connectivity index (χ2v) is 7.49. The number of rotatable bonds is 7. The molecule has 1 aromatic carbocycles. The summed E-state index contributed by atoms with van der Waals surface area (Å²) in [6.07, 6.45) is 3.70. The number of carbonyl (C=O) groups is 1. The van der Waals surface area contributed by atoms with E-state index in [-0.39, 0.29) is 17.9 Å². The Balaban J connectivity index is 1.57. The Kier molecular flexibility index (Phi) is 6.57. The zero-order valence-corrected chi connectivity index (χ0v) is 17.7. The number of carbonyl (C=O) groups excluding carboxylic acids is 1. The van der Waals surface area contributed by atoms with E-state index in [1.807, 2.05) is 48.2 Å². The van der Waals surface area contributed by atoms with Crippen molar-refractivity contribution in [2.75, 3.05) is 37.7 Å². The highest BCUT2D eigenvalue weighted by molar-refractivity contribution is 5.78. The molecule has 1 amide bonds. The molecule has 0 N–H and O–H groups in total. The van der Waals surface area contributed by atoms with Crippen molar-refractivity contribution in [3.05, 3.63) is 64.7 Å². The summed E-state index contributed by atoms with van der Waals surface area (Å²) in [5.41, 5.74) is 2.37. The van der Waals surface area contributed by atoms with Crippen molar-refractivity contribution in [1.29, 1.82) is 0 Å². The zero-order valence-electron chi connectivity index (χ0n) is 17.7. The average molecular weight is 422 g/mol. The Bertz CT molecular complexity index is 1090. The molecule has 0 bridgehead atoms. The summed E-state index contributed by atoms with van der Waals surface area (Å²) < 4.78 is 7.10. The second-order valence-electron chi connectivity index (χ2n) is 7.49. The van der Waals surface area contributed by atoms with Gasteiger partial charge in [0, 0.05) is 51.5 Å². The number of para-hydroxylation sites is 2. The smallest absolute Gasteiger partial charge is 0.294 e. The molecule has 0 atom stereocenters. The molecule has 1 saturated heterocycles. The molecule has 0 radical (unpaired) electrons. The maximum atomic E-state index is 13.3. The third-order valence-corrected chi connectivity index (χ3v) is 5.55. The van der Waals surface area contributed by atoms with Crippen molar-refractivity contribution in [1.82, 2.24) is 19.4 Å². The van der Waals surface area contributed by atoms with E-state index in [2.05, 4.69) is 9.97 Å². The molecule has 2 aromatic heterocycles. The minimum atomic E-state index is -0.161. The standard InChI is InChI=1S/C23H27N5O3/c1-2-26(17-18-7-10-24-11-8-18)21(29)9-12-28-20-6-4-3-5-19(20)25-22(23(28)30)27-13-15-31-16-14-27/h3-8,10-11H,2,9,12-17H2,1H3. The van der Waals surface area contributed by atoms with Crippen molar-refractivity contribution in [3.63, 3.8) is 0 Å². The molecule has 3 heterocycles. The van der Waals surface area contributed by atoms with Gasteiger partial charge in [-0.2, -0.15) is 0 Å². The van der Waals surface area contributed by atoms with Crippen LogP contribution in [0.25, 0.3) is 11.0 Å². The summed E-state index contributed by atoms with van der Waals surface area (Å²) in [7, 11) is 0. The highest BCUT2D eigenvalue weighted by atomic mass is 16.5. The van der Waals surface area contributed by atoms with E-state index in [0.29, 0.717) is 51.8 Å². The second kappa shape index (κ2) is 9.70. The summed E-state index contributed by atoms with van der Waals surface area (Å²) in [6.45, 7) is 5.83. The summed E-state index contributed by atoms with van der Waals surface area (Å²) in [5, 5.41) is 0. The molecular weight excluding hydrogens is 394 g/mol. The number of pyridine rings is 1. The van der Waals surface area contributed by atoms with Gasteiger partial charge in [-0.05, 0) is 36.8 Å². The number of morpholine rings is 1. The fraction of sp³-hybridized carbons (Fsp3) is 0.391. The van der Waals surface area contributed by atoms with Crippen molar-refractivity contribution in [2.24, 2.45) is 0 Å². The van der Waals surface area contributed by atoms with Gasteiger partial charge >= 0.3 is 0 Å². The number of nitrogens with zero attached hydrogens (tertiary/aromatic N) is 5. The zero-order chi connectivity index (χ0) is 21.6. The number of aryl methyl sites for hydroxylation is 1. The van der Waals surface area contributed by atoms with Gasteiger partial charge in [0.2, 0.25) is 5.91 Å². The van der Waals surface area contributed by atoms with Gasteiger partial charge in [0.1, 0.15) is 0 Å². The minimum absolute atomic E-state index is 0.0139. The lowest BCUT2D eigenvalue weighted by Crippen LogP contribution is -2.41. The SMILES string of the molecule is CCN(Cc1ccncc1)C(=O)CCn1c(=O)c(N2CCOCC2)nc2ccccc21. The van der Waals surface area contributed by atoms with E-state index in [4.69, 9.17) is 4.74 Å². The molecule has 0 saturated carbocycles. The number of amides is 1. The minimum Gasteiger partial charge on any atom is -0.378 e. The van der Waals surface area contributed by atoms with Crippen LogP contribution in [0.5, 0.6) is 0 Å². The summed E-state index contributed by atoms with van der Waals surface area (Å²) in [5.74, 6) is 0.443. The van der Waals surface area contributed by atoms with Gasteiger partial charge in [-0.1, -0.05) is 12.1 Å². The van der Waals surface area contributed by atoms with Gasteiger partial charge in [0.15, 0.2) is 5.82 Å². The monoisotopic (exact) mass is 421 g/mol. The molecule has 0 unspecified atom stereocenters. The van der Waals surface area contributed by atoms with Crippen LogP contribution < -0.4 is 10.5 Å². The van der Waals surface area contributed by atoms with Gasteiger partial charge in [-0.3, -0.25) is 14.6 Å². The molecule has 3 aromatic rings. The average Bonchev–Trinajstić information content (AvgIpc) is 2.82. The first-order valence-corrected chi connectivity index (χ1v) is 10.7. The Labute approximate surface area is 181 Å². The number of fused-ring (bicyclic) bond motifs is 1. The molecule has 1 fully saturated rings. The number of benzene rings is 1. The summed E-state index contributed by atoms with van der Waals surface area (Å²) in [6, 6.07) is 11.4. The summed E-state index contributed by atoms with van der Waals surface area (Å²) >= 11 is 0. The lowest BCUT2D eigenvalue weighted by molar-refractivity contribution is -0.131. The van der Waals surface area contributed by atoms with Crippen LogP contribution in [0.3, 0.4) is 0 Å². The molecule has 31 heavy (non-hydrogen) atoms. The molecule has 8 heteroatoms. The molecule has 0 spiro atoms. The molecule has 8 nitrogen and oxygen atoms in total. The van der Waals surface area contributed by atoms with E-state index in [1.54, 1.807) is 21.9 Å². The largest absolute Gasteiger partial charge is 0.378 e. The Morgan fingerprint density at radius 2 is 1.87 bits per heavy atom. The van der Waals surface area contributed by atoms with E-state index in [1.165, 1.54) is 0 Å². The molecule has 1 aliphatic rings. The van der Waals surface area contributed by atoms with Crippen molar-refractivity contribution in [3.8, 4) is 0 Å². The molecule has 0 aliphatic carbocycles. The molecule has 1 aliphatic heterocycles. The van der Waals surface area contributed by atoms with Crippen LogP contribution >= 0.6 is 0 Å². The number of aromatic nitrogens is 3. The Morgan fingerprint density at radius 1 is 1.13 bits per heavy atom. The molecule has 162 valence electrons. The van der Waals surface area contributed by atoms with Crippen LogP contribution in [-0.2, 0) is 22.6 Å². The van der Waals surface area contributed by atoms with Crippen molar-refractivity contribution >= 4 is 22.8 Å². The van der Waals surface area contributed by atoms with Crippen LogP contribution in [0.4, 0.5) is 5.82 Å². The summed E-state index contributed by atoms with van der Waals surface area (Å²) in [4.78, 5) is 38.7. The number of anilines is 1. The molecular formula is C23H27N5O3. The first-order valence-electron chi connectivity index (χ1n) is 10.7. The lowest BCUT2D eigenvalue weighted by Gasteiger charge is -2.28.